The molecule has 3 aliphatic rings. The van der Waals surface area contributed by atoms with Gasteiger partial charge in [-0.05, 0) is 55.4 Å². The second-order valence-corrected chi connectivity index (χ2v) is 9.80. The molecular formula is C27H27N3O7. The van der Waals surface area contributed by atoms with Crippen LogP contribution in [0, 0.1) is 5.92 Å². The normalized spacial score (nSPS) is 20.9. The SMILES string of the molecule is C[C@@H](C1CC1)N(Cc1ccccc1)C(=O)CN1C(=O)OC2(CCc3cc(NC(=O)C(=O)O)ccc32)C1=O. The van der Waals surface area contributed by atoms with Crippen molar-refractivity contribution in [3.05, 3.63) is 65.2 Å². The van der Waals surface area contributed by atoms with E-state index >= 15 is 0 Å². The van der Waals surface area contributed by atoms with Gasteiger partial charge in [-0.15, -0.1) is 0 Å². The fourth-order valence-corrected chi connectivity index (χ4v) is 5.21. The zero-order valence-electron chi connectivity index (χ0n) is 20.3. The van der Waals surface area contributed by atoms with E-state index < -0.39 is 36.0 Å². The standard InChI is InChI=1S/C27H27N3O7/c1-16(18-7-8-18)29(14-17-5-3-2-4-6-17)22(31)15-30-25(35)27(37-26(30)36)12-11-19-13-20(9-10-21(19)27)28-23(32)24(33)34/h2-6,9-10,13,16,18H,7-8,11-12,14-15H2,1H3,(H,28,32)(H,33,34)/t16-,27?/m0/s1. The molecule has 1 heterocycles. The topological polar surface area (TPSA) is 133 Å². The van der Waals surface area contributed by atoms with Gasteiger partial charge in [0.05, 0.1) is 0 Å². The van der Waals surface area contributed by atoms with Gasteiger partial charge in [0.15, 0.2) is 0 Å². The summed E-state index contributed by atoms with van der Waals surface area (Å²) in [5.74, 6) is -3.31. The Morgan fingerprint density at radius 2 is 1.89 bits per heavy atom. The van der Waals surface area contributed by atoms with Crippen LogP contribution in [0.4, 0.5) is 10.5 Å². The number of ether oxygens (including phenoxy) is 1. The number of imide groups is 1. The summed E-state index contributed by atoms with van der Waals surface area (Å²) in [5.41, 5.74) is 0.824. The van der Waals surface area contributed by atoms with Crippen molar-refractivity contribution in [3.63, 3.8) is 0 Å². The summed E-state index contributed by atoms with van der Waals surface area (Å²) < 4.78 is 5.62. The molecule has 2 aliphatic carbocycles. The molecule has 2 aromatic carbocycles. The summed E-state index contributed by atoms with van der Waals surface area (Å²) in [6.07, 6.45) is 1.79. The largest absolute Gasteiger partial charge is 0.474 e. The van der Waals surface area contributed by atoms with E-state index in [2.05, 4.69) is 5.32 Å². The van der Waals surface area contributed by atoms with Crippen LogP contribution in [-0.4, -0.2) is 57.3 Å². The van der Waals surface area contributed by atoms with E-state index in [-0.39, 0.29) is 24.1 Å². The first kappa shape index (κ1) is 24.5. The molecule has 10 heteroatoms. The lowest BCUT2D eigenvalue weighted by Crippen LogP contribution is -2.47. The number of carboxylic acid groups (broad SMARTS) is 1. The molecule has 1 aliphatic heterocycles. The van der Waals surface area contributed by atoms with Crippen LogP contribution in [0.5, 0.6) is 0 Å². The van der Waals surface area contributed by atoms with E-state index in [0.29, 0.717) is 30.0 Å². The Kier molecular flexibility index (Phi) is 6.18. The molecule has 4 amide bonds. The number of hydrogen-bond donors (Lipinski definition) is 2. The minimum Gasteiger partial charge on any atom is -0.474 e. The number of carbonyl (C=O) groups is 5. The lowest BCUT2D eigenvalue weighted by Gasteiger charge is -2.30. The van der Waals surface area contributed by atoms with E-state index in [0.717, 1.165) is 23.3 Å². The van der Waals surface area contributed by atoms with E-state index in [4.69, 9.17) is 9.84 Å². The number of hydrogen-bond acceptors (Lipinski definition) is 6. The van der Waals surface area contributed by atoms with Crippen molar-refractivity contribution in [3.8, 4) is 0 Å². The second-order valence-electron chi connectivity index (χ2n) is 9.80. The van der Waals surface area contributed by atoms with Gasteiger partial charge in [0.25, 0.3) is 5.91 Å². The molecular weight excluding hydrogens is 478 g/mol. The second kappa shape index (κ2) is 9.34. The number of anilines is 1. The van der Waals surface area contributed by atoms with Gasteiger partial charge < -0.3 is 20.1 Å². The van der Waals surface area contributed by atoms with Crippen molar-refractivity contribution >= 4 is 35.5 Å². The first-order valence-electron chi connectivity index (χ1n) is 12.3. The van der Waals surface area contributed by atoms with E-state index in [1.807, 2.05) is 37.3 Å². The van der Waals surface area contributed by atoms with Gasteiger partial charge in [-0.1, -0.05) is 36.4 Å². The monoisotopic (exact) mass is 505 g/mol. The molecule has 0 radical (unpaired) electrons. The number of carboxylic acids is 1. The van der Waals surface area contributed by atoms with Crippen LogP contribution in [-0.2, 0) is 42.5 Å². The van der Waals surface area contributed by atoms with Crippen LogP contribution in [0.1, 0.15) is 42.9 Å². The highest BCUT2D eigenvalue weighted by Gasteiger charge is 2.58. The fourth-order valence-electron chi connectivity index (χ4n) is 5.21. The minimum absolute atomic E-state index is 0.0259. The number of aryl methyl sites for hydroxylation is 1. The summed E-state index contributed by atoms with van der Waals surface area (Å²) in [7, 11) is 0. The first-order chi connectivity index (χ1) is 17.7. The van der Waals surface area contributed by atoms with E-state index in [9.17, 15) is 24.0 Å². The van der Waals surface area contributed by atoms with Crippen molar-refractivity contribution in [2.45, 2.75) is 50.8 Å². The number of benzene rings is 2. The smallest absolute Gasteiger partial charge is 0.418 e. The molecule has 2 fully saturated rings. The van der Waals surface area contributed by atoms with Crippen LogP contribution in [0.15, 0.2) is 48.5 Å². The van der Waals surface area contributed by atoms with Crippen molar-refractivity contribution in [1.29, 1.82) is 0 Å². The lowest BCUT2D eigenvalue weighted by atomic mass is 9.94. The Balaban J connectivity index is 1.34. The number of fused-ring (bicyclic) bond motifs is 2. The maximum atomic E-state index is 13.5. The Bertz CT molecular complexity index is 1290. The van der Waals surface area contributed by atoms with Gasteiger partial charge in [0, 0.05) is 30.3 Å². The van der Waals surface area contributed by atoms with Crippen molar-refractivity contribution < 1.29 is 33.8 Å². The quantitative estimate of drug-likeness (QED) is 0.553. The van der Waals surface area contributed by atoms with Crippen molar-refractivity contribution in [1.82, 2.24) is 9.80 Å². The number of aliphatic carboxylic acids is 1. The third kappa shape index (κ3) is 4.54. The number of nitrogens with zero attached hydrogens (tertiary/aromatic N) is 2. The van der Waals surface area contributed by atoms with Gasteiger partial charge in [-0.2, -0.15) is 0 Å². The molecule has 2 aromatic rings. The highest BCUT2D eigenvalue weighted by atomic mass is 16.6. The van der Waals surface area contributed by atoms with Gasteiger partial charge in [-0.25, -0.2) is 14.5 Å². The highest BCUT2D eigenvalue weighted by Crippen LogP contribution is 2.46. The molecule has 1 saturated carbocycles. The molecule has 5 rings (SSSR count). The number of amides is 4. The highest BCUT2D eigenvalue weighted by molar-refractivity contribution is 6.36. The third-order valence-corrected chi connectivity index (χ3v) is 7.42. The molecule has 2 N–H and O–H groups in total. The van der Waals surface area contributed by atoms with E-state index in [1.54, 1.807) is 17.0 Å². The summed E-state index contributed by atoms with van der Waals surface area (Å²) >= 11 is 0. The molecule has 37 heavy (non-hydrogen) atoms. The molecule has 0 bridgehead atoms. The zero-order chi connectivity index (χ0) is 26.3. The molecule has 10 nitrogen and oxygen atoms in total. The molecule has 1 spiro atoms. The lowest BCUT2D eigenvalue weighted by molar-refractivity contribution is -0.147. The molecule has 1 unspecified atom stereocenters. The van der Waals surface area contributed by atoms with Crippen LogP contribution >= 0.6 is 0 Å². The van der Waals surface area contributed by atoms with Crippen LogP contribution in [0.3, 0.4) is 0 Å². The number of carbonyl (C=O) groups excluding carboxylic acids is 4. The van der Waals surface area contributed by atoms with Crippen LogP contribution < -0.4 is 5.32 Å². The Morgan fingerprint density at radius 3 is 2.57 bits per heavy atom. The Morgan fingerprint density at radius 1 is 1.16 bits per heavy atom. The van der Waals surface area contributed by atoms with Gasteiger partial charge in [0.2, 0.25) is 11.5 Å². The molecule has 2 atom stereocenters. The molecule has 0 aromatic heterocycles. The summed E-state index contributed by atoms with van der Waals surface area (Å²) in [4.78, 5) is 64.8. The summed E-state index contributed by atoms with van der Waals surface area (Å²) in [6, 6.07) is 14.1. The molecule has 192 valence electrons. The maximum absolute atomic E-state index is 13.5. The maximum Gasteiger partial charge on any atom is 0.418 e. The third-order valence-electron chi connectivity index (χ3n) is 7.42. The fraction of sp³-hybridized carbons (Fsp3) is 0.370. The zero-order valence-corrected chi connectivity index (χ0v) is 20.3. The summed E-state index contributed by atoms with van der Waals surface area (Å²) in [6.45, 7) is 1.97. The predicted octanol–water partition coefficient (Wildman–Crippen LogP) is 2.66. The first-order valence-corrected chi connectivity index (χ1v) is 12.3. The number of rotatable bonds is 7. The Hall–Kier alpha value is -4.21. The number of nitrogens with one attached hydrogen (secondary N) is 1. The average Bonchev–Trinajstić information content (AvgIpc) is 3.63. The molecule has 1 saturated heterocycles. The predicted molar refractivity (Wildman–Crippen MR) is 130 cm³/mol. The minimum atomic E-state index is -1.62. The average molecular weight is 506 g/mol. The summed E-state index contributed by atoms with van der Waals surface area (Å²) in [5, 5.41) is 11.1. The Labute approximate surface area is 213 Å². The van der Waals surface area contributed by atoms with Gasteiger partial charge in [-0.3, -0.25) is 14.4 Å². The van der Waals surface area contributed by atoms with Crippen molar-refractivity contribution in [2.75, 3.05) is 11.9 Å². The van der Waals surface area contributed by atoms with Gasteiger partial charge in [0.1, 0.15) is 6.54 Å². The van der Waals surface area contributed by atoms with E-state index in [1.165, 1.54) is 6.07 Å². The van der Waals surface area contributed by atoms with Crippen LogP contribution in [0.2, 0.25) is 0 Å². The van der Waals surface area contributed by atoms with Gasteiger partial charge >= 0.3 is 18.0 Å². The van der Waals surface area contributed by atoms with Crippen LogP contribution in [0.25, 0.3) is 0 Å². The van der Waals surface area contributed by atoms with Crippen molar-refractivity contribution in [2.24, 2.45) is 5.92 Å².